The second-order valence-electron chi connectivity index (χ2n) is 9.42. The number of rotatable bonds is 6. The molecule has 1 aliphatic rings. The Balaban J connectivity index is 1.74. The summed E-state index contributed by atoms with van der Waals surface area (Å²) in [6.07, 6.45) is 3.46. The van der Waals surface area contributed by atoms with Crippen LogP contribution < -0.4 is 9.67 Å². The number of nitrogens with zero attached hydrogens (tertiary/aromatic N) is 4. The number of carbonyl (C=O) groups is 2. The Morgan fingerprint density at radius 2 is 1.71 bits per heavy atom. The maximum absolute atomic E-state index is 14.0. The molecule has 5 rings (SSSR count). The number of carbonyl (C=O) groups excluding carboxylic acids is 2. The Morgan fingerprint density at radius 1 is 0.974 bits per heavy atom. The van der Waals surface area contributed by atoms with Crippen LogP contribution in [0, 0.1) is 6.92 Å². The van der Waals surface area contributed by atoms with Crippen molar-refractivity contribution in [2.75, 3.05) is 0 Å². The number of hydrogen-bond donors (Lipinski definition) is 0. The van der Waals surface area contributed by atoms with Crippen LogP contribution in [0.5, 0.6) is 5.88 Å². The van der Waals surface area contributed by atoms with Crippen molar-refractivity contribution in [1.82, 2.24) is 14.7 Å². The second kappa shape index (κ2) is 10.1. The zero-order chi connectivity index (χ0) is 27.1. The first-order chi connectivity index (χ1) is 18.2. The van der Waals surface area contributed by atoms with Crippen LogP contribution >= 0.6 is 23.2 Å². The zero-order valence-electron chi connectivity index (χ0n) is 21.0. The second-order valence-corrected chi connectivity index (χ2v) is 10.2. The maximum Gasteiger partial charge on any atom is 0.327 e. The molecule has 2 aromatic heterocycles. The predicted octanol–water partition coefficient (Wildman–Crippen LogP) is 4.91. The third kappa shape index (κ3) is 4.48. The van der Waals surface area contributed by atoms with E-state index in [1.54, 1.807) is 41.2 Å². The molecule has 0 saturated heterocycles. The van der Waals surface area contributed by atoms with Gasteiger partial charge < -0.3 is 5.11 Å². The van der Waals surface area contributed by atoms with Gasteiger partial charge in [0, 0.05) is 17.2 Å². The van der Waals surface area contributed by atoms with Gasteiger partial charge in [0.15, 0.2) is 12.4 Å². The quantitative estimate of drug-likeness (QED) is 0.254. The van der Waals surface area contributed by atoms with Gasteiger partial charge in [-0.1, -0.05) is 67.4 Å². The molecule has 0 spiro atoms. The average Bonchev–Trinajstić information content (AvgIpc) is 3.35. The Morgan fingerprint density at radius 3 is 2.37 bits per heavy atom. The van der Waals surface area contributed by atoms with Crippen molar-refractivity contribution >= 4 is 46.3 Å². The topological polar surface area (TPSA) is 82.1 Å². The van der Waals surface area contributed by atoms with Crippen molar-refractivity contribution in [2.24, 2.45) is 0 Å². The van der Waals surface area contributed by atoms with E-state index in [9.17, 15) is 14.7 Å². The molecule has 4 aromatic rings. The lowest BCUT2D eigenvalue weighted by Crippen LogP contribution is -2.39. The van der Waals surface area contributed by atoms with E-state index in [4.69, 9.17) is 23.2 Å². The van der Waals surface area contributed by atoms with Gasteiger partial charge in [0.1, 0.15) is 5.57 Å². The molecule has 9 heteroatoms. The Labute approximate surface area is 230 Å². The van der Waals surface area contributed by atoms with Gasteiger partial charge in [-0.2, -0.15) is 9.67 Å². The highest BCUT2D eigenvalue weighted by Crippen LogP contribution is 2.40. The molecule has 0 unspecified atom stereocenters. The van der Waals surface area contributed by atoms with Gasteiger partial charge in [-0.05, 0) is 48.6 Å². The van der Waals surface area contributed by atoms with Gasteiger partial charge in [-0.3, -0.25) is 14.5 Å². The molecule has 38 heavy (non-hydrogen) atoms. The summed E-state index contributed by atoms with van der Waals surface area (Å²) in [5.74, 6) is -1.77. The van der Waals surface area contributed by atoms with E-state index in [1.807, 2.05) is 57.2 Å². The number of benzene rings is 2. The molecule has 0 radical (unpaired) electrons. The fourth-order valence-electron chi connectivity index (χ4n) is 4.52. The number of amides is 2. The summed E-state index contributed by atoms with van der Waals surface area (Å²) in [5, 5.41) is 19.1. The van der Waals surface area contributed by atoms with E-state index in [2.05, 4.69) is 5.10 Å². The van der Waals surface area contributed by atoms with Crippen molar-refractivity contribution in [2.45, 2.75) is 33.2 Å². The highest BCUT2D eigenvalue weighted by atomic mass is 35.5. The monoisotopic (exact) mass is 546 g/mol. The first-order valence-electron chi connectivity index (χ1n) is 12.1. The molecule has 192 valence electrons. The third-order valence-corrected chi connectivity index (χ3v) is 7.09. The Hall–Kier alpha value is -3.94. The van der Waals surface area contributed by atoms with Crippen LogP contribution in [0.1, 0.15) is 42.1 Å². The number of imide groups is 1. The molecule has 0 saturated carbocycles. The minimum absolute atomic E-state index is 0.0292. The van der Waals surface area contributed by atoms with Gasteiger partial charge >= 0.3 is 5.91 Å². The zero-order valence-corrected chi connectivity index (χ0v) is 22.5. The van der Waals surface area contributed by atoms with Gasteiger partial charge in [-0.25, -0.2) is 4.68 Å². The van der Waals surface area contributed by atoms with Crippen LogP contribution in [0.2, 0.25) is 10.0 Å². The molecule has 3 heterocycles. The molecule has 0 aliphatic carbocycles. The van der Waals surface area contributed by atoms with E-state index < -0.39 is 17.7 Å². The van der Waals surface area contributed by atoms with Crippen LogP contribution in [-0.2, 0) is 16.1 Å². The highest BCUT2D eigenvalue weighted by Gasteiger charge is 2.47. The molecule has 0 bridgehead atoms. The number of pyridine rings is 1. The molecule has 0 atom stereocenters. The van der Waals surface area contributed by atoms with Crippen molar-refractivity contribution in [1.29, 1.82) is 0 Å². The standard InChI is InChI=1S/C29H24Cl2N4O3/c1-17(2)25-23(28(37)35(32-25)20-11-12-21(30)22(31)14-20)24-26(33-13-7-8-18(3)15-33)29(38)34(27(24)36)16-19-9-5-4-6-10-19/h4-15,17H,16H2,1-3H3. The fraction of sp³-hybridized carbons (Fsp3) is 0.172. The third-order valence-electron chi connectivity index (χ3n) is 6.35. The molecule has 2 aromatic carbocycles. The van der Waals surface area contributed by atoms with Crippen molar-refractivity contribution < 1.29 is 19.3 Å². The van der Waals surface area contributed by atoms with Gasteiger partial charge in [0.25, 0.3) is 11.6 Å². The largest absolute Gasteiger partial charge is 0.858 e. The molecular formula is C29H24Cl2N4O3. The van der Waals surface area contributed by atoms with Crippen LogP contribution in [-0.4, -0.2) is 26.5 Å². The fourth-order valence-corrected chi connectivity index (χ4v) is 4.81. The minimum Gasteiger partial charge on any atom is -0.858 e. The van der Waals surface area contributed by atoms with E-state index in [-0.39, 0.29) is 34.3 Å². The van der Waals surface area contributed by atoms with E-state index in [0.29, 0.717) is 16.4 Å². The van der Waals surface area contributed by atoms with Crippen LogP contribution in [0.4, 0.5) is 0 Å². The number of hydrogen-bond acceptors (Lipinski definition) is 4. The predicted molar refractivity (Wildman–Crippen MR) is 144 cm³/mol. The normalized spacial score (nSPS) is 13.8. The summed E-state index contributed by atoms with van der Waals surface area (Å²) >= 11 is 12.3. The summed E-state index contributed by atoms with van der Waals surface area (Å²) in [5.41, 5.74) is 2.74. The minimum atomic E-state index is -0.546. The first kappa shape index (κ1) is 25.7. The SMILES string of the molecule is Cc1ccc[n+](C2=C(c3c(C(C)C)nn(-c4ccc(Cl)c(Cl)c4)c3[O-])C(=O)N(Cc3ccccc3)C2=O)c1. The van der Waals surface area contributed by atoms with Crippen LogP contribution in [0.3, 0.4) is 0 Å². The number of aromatic nitrogens is 3. The smallest absolute Gasteiger partial charge is 0.327 e. The van der Waals surface area contributed by atoms with E-state index in [0.717, 1.165) is 11.1 Å². The molecule has 0 fully saturated rings. The summed E-state index contributed by atoms with van der Waals surface area (Å²) in [6.45, 7) is 5.73. The lowest BCUT2D eigenvalue weighted by molar-refractivity contribution is -0.577. The Kier molecular flexibility index (Phi) is 6.82. The summed E-state index contributed by atoms with van der Waals surface area (Å²) in [7, 11) is 0. The molecular weight excluding hydrogens is 523 g/mol. The van der Waals surface area contributed by atoms with Gasteiger partial charge in [0.2, 0.25) is 0 Å². The number of halogens is 2. The highest BCUT2D eigenvalue weighted by molar-refractivity contribution is 6.45. The number of aryl methyl sites for hydroxylation is 1. The average molecular weight is 547 g/mol. The maximum atomic E-state index is 14.0. The summed E-state index contributed by atoms with van der Waals surface area (Å²) in [4.78, 5) is 29.0. The van der Waals surface area contributed by atoms with Crippen LogP contribution in [0.15, 0.2) is 73.1 Å². The van der Waals surface area contributed by atoms with Gasteiger partial charge in [0.05, 0.1) is 28.0 Å². The van der Waals surface area contributed by atoms with Gasteiger partial charge in [-0.15, -0.1) is 0 Å². The van der Waals surface area contributed by atoms with Crippen LogP contribution in [0.25, 0.3) is 17.0 Å². The van der Waals surface area contributed by atoms with Crippen molar-refractivity contribution in [3.8, 4) is 11.6 Å². The molecule has 0 N–H and O–H groups in total. The van der Waals surface area contributed by atoms with Crippen molar-refractivity contribution in [3.63, 3.8) is 0 Å². The van der Waals surface area contributed by atoms with E-state index in [1.165, 1.54) is 9.58 Å². The molecule has 7 nitrogen and oxygen atoms in total. The van der Waals surface area contributed by atoms with Crippen molar-refractivity contribution in [3.05, 3.63) is 105 Å². The Bertz CT molecular complexity index is 1610. The van der Waals surface area contributed by atoms with E-state index >= 15 is 0 Å². The summed E-state index contributed by atoms with van der Waals surface area (Å²) < 4.78 is 2.81. The first-order valence-corrected chi connectivity index (χ1v) is 12.8. The molecule has 1 aliphatic heterocycles. The molecule has 2 amide bonds. The lowest BCUT2D eigenvalue weighted by atomic mass is 9.98. The lowest BCUT2D eigenvalue weighted by Gasteiger charge is -2.16. The summed E-state index contributed by atoms with van der Waals surface area (Å²) in [6, 6.07) is 17.7.